The van der Waals surface area contributed by atoms with Crippen LogP contribution in [0.15, 0.2) is 17.8 Å². The summed E-state index contributed by atoms with van der Waals surface area (Å²) in [7, 11) is 0. The Hall–Kier alpha value is -1.36. The fourth-order valence-electron chi connectivity index (χ4n) is 1.66. The minimum Gasteiger partial charge on any atom is -0.349 e. The molecule has 2 heterocycles. The van der Waals surface area contributed by atoms with Crippen LogP contribution >= 0.6 is 11.3 Å². The second kappa shape index (κ2) is 5.31. The van der Waals surface area contributed by atoms with Crippen LogP contribution in [-0.4, -0.2) is 14.5 Å². The molecule has 1 N–H and O–H groups in total. The van der Waals surface area contributed by atoms with E-state index in [1.54, 1.807) is 11.3 Å². The van der Waals surface area contributed by atoms with Crippen LogP contribution < -0.4 is 5.32 Å². The average molecular weight is 250 g/mol. The van der Waals surface area contributed by atoms with Crippen LogP contribution in [0, 0.1) is 12.8 Å². The van der Waals surface area contributed by atoms with Gasteiger partial charge in [-0.05, 0) is 12.8 Å². The molecule has 0 aliphatic carbocycles. The second-order valence-corrected chi connectivity index (χ2v) is 5.48. The highest BCUT2D eigenvalue weighted by atomic mass is 32.1. The van der Waals surface area contributed by atoms with Gasteiger partial charge in [0.05, 0.1) is 6.54 Å². The highest BCUT2D eigenvalue weighted by Gasteiger charge is 2.05. The van der Waals surface area contributed by atoms with Gasteiger partial charge in [0.15, 0.2) is 0 Å². The molecule has 0 atom stereocenters. The number of imidazole rings is 1. The van der Waals surface area contributed by atoms with E-state index in [0.29, 0.717) is 5.92 Å². The number of aryl methyl sites for hydroxylation is 1. The van der Waals surface area contributed by atoms with Crippen LogP contribution in [0.5, 0.6) is 0 Å². The molecule has 92 valence electrons. The number of hydrogen-bond acceptors (Lipinski definition) is 4. The van der Waals surface area contributed by atoms with Gasteiger partial charge in [-0.2, -0.15) is 0 Å². The first-order valence-electron chi connectivity index (χ1n) is 5.81. The average Bonchev–Trinajstić information content (AvgIpc) is 2.84. The van der Waals surface area contributed by atoms with Crippen molar-refractivity contribution in [3.8, 4) is 0 Å². The van der Waals surface area contributed by atoms with Crippen LogP contribution in [0.25, 0.3) is 0 Å². The van der Waals surface area contributed by atoms with Crippen molar-refractivity contribution in [1.82, 2.24) is 14.5 Å². The van der Waals surface area contributed by atoms with Gasteiger partial charge in [0, 0.05) is 30.0 Å². The zero-order chi connectivity index (χ0) is 12.3. The second-order valence-electron chi connectivity index (χ2n) is 4.53. The standard InChI is InChI=1S/C12H18N4S/c1-9(2)7-16-5-4-13-12(16)14-6-11-15-10(3)8-17-11/h4-5,8-9H,6-7H2,1-3H3,(H,13,14). The number of aromatic nitrogens is 3. The zero-order valence-corrected chi connectivity index (χ0v) is 11.3. The molecule has 4 nitrogen and oxygen atoms in total. The third-order valence-corrected chi connectivity index (χ3v) is 3.31. The lowest BCUT2D eigenvalue weighted by molar-refractivity contribution is 0.526. The highest BCUT2D eigenvalue weighted by Crippen LogP contribution is 2.12. The molecule has 0 saturated heterocycles. The first-order chi connectivity index (χ1) is 8.15. The molecule has 0 aliphatic heterocycles. The van der Waals surface area contributed by atoms with E-state index in [0.717, 1.165) is 29.7 Å². The molecule has 0 aromatic carbocycles. The van der Waals surface area contributed by atoms with Crippen molar-refractivity contribution in [3.05, 3.63) is 28.5 Å². The van der Waals surface area contributed by atoms with E-state index >= 15 is 0 Å². The van der Waals surface area contributed by atoms with Crippen molar-refractivity contribution >= 4 is 17.3 Å². The van der Waals surface area contributed by atoms with Gasteiger partial charge < -0.3 is 9.88 Å². The van der Waals surface area contributed by atoms with Crippen molar-refractivity contribution in [1.29, 1.82) is 0 Å². The van der Waals surface area contributed by atoms with Gasteiger partial charge in [0.25, 0.3) is 0 Å². The summed E-state index contributed by atoms with van der Waals surface area (Å²) in [5, 5.41) is 6.49. The maximum Gasteiger partial charge on any atom is 0.203 e. The van der Waals surface area contributed by atoms with Crippen LogP contribution in [0.1, 0.15) is 24.5 Å². The normalized spacial score (nSPS) is 11.1. The molecule has 5 heteroatoms. The minimum absolute atomic E-state index is 0.617. The van der Waals surface area contributed by atoms with Gasteiger partial charge in [-0.15, -0.1) is 11.3 Å². The molecule has 0 fully saturated rings. The van der Waals surface area contributed by atoms with E-state index < -0.39 is 0 Å². The largest absolute Gasteiger partial charge is 0.349 e. The number of anilines is 1. The van der Waals surface area contributed by atoms with Gasteiger partial charge in [-0.3, -0.25) is 0 Å². The van der Waals surface area contributed by atoms with Crippen LogP contribution in [0.3, 0.4) is 0 Å². The Balaban J connectivity index is 1.97. The first kappa shape index (κ1) is 12.1. The third kappa shape index (κ3) is 3.30. The fourth-order valence-corrected chi connectivity index (χ4v) is 2.37. The van der Waals surface area contributed by atoms with Crippen molar-refractivity contribution in [2.75, 3.05) is 5.32 Å². The molecular weight excluding hydrogens is 232 g/mol. The maximum absolute atomic E-state index is 4.42. The van der Waals surface area contributed by atoms with E-state index in [1.807, 2.05) is 19.3 Å². The van der Waals surface area contributed by atoms with Crippen molar-refractivity contribution in [2.24, 2.45) is 5.92 Å². The number of hydrogen-bond donors (Lipinski definition) is 1. The summed E-state index contributed by atoms with van der Waals surface area (Å²) in [6, 6.07) is 0. The molecule has 0 radical (unpaired) electrons. The Bertz CT molecular complexity index is 472. The Labute approximate surface area is 106 Å². The van der Waals surface area contributed by atoms with E-state index in [9.17, 15) is 0 Å². The molecule has 2 aromatic rings. The van der Waals surface area contributed by atoms with Gasteiger partial charge in [-0.25, -0.2) is 9.97 Å². The topological polar surface area (TPSA) is 42.7 Å². The number of rotatable bonds is 5. The molecule has 0 bridgehead atoms. The summed E-state index contributed by atoms with van der Waals surface area (Å²) >= 11 is 1.68. The number of nitrogens with one attached hydrogen (secondary N) is 1. The van der Waals surface area contributed by atoms with E-state index in [2.05, 4.69) is 39.1 Å². The minimum atomic E-state index is 0.617. The lowest BCUT2D eigenvalue weighted by atomic mass is 10.2. The SMILES string of the molecule is Cc1csc(CNc2nccn2CC(C)C)n1. The molecule has 2 rings (SSSR count). The van der Waals surface area contributed by atoms with Crippen LogP contribution in [0.4, 0.5) is 5.95 Å². The fraction of sp³-hybridized carbons (Fsp3) is 0.500. The zero-order valence-electron chi connectivity index (χ0n) is 10.5. The number of thiazole rings is 1. The molecule has 0 amide bonds. The summed E-state index contributed by atoms with van der Waals surface area (Å²) < 4.78 is 2.14. The van der Waals surface area contributed by atoms with Crippen molar-refractivity contribution < 1.29 is 0 Å². The highest BCUT2D eigenvalue weighted by molar-refractivity contribution is 7.09. The summed E-state index contributed by atoms with van der Waals surface area (Å²) in [5.41, 5.74) is 1.08. The van der Waals surface area contributed by atoms with E-state index in [1.165, 1.54) is 0 Å². The van der Waals surface area contributed by atoms with Gasteiger partial charge >= 0.3 is 0 Å². The Morgan fingerprint density at radius 3 is 2.94 bits per heavy atom. The molecule has 17 heavy (non-hydrogen) atoms. The summed E-state index contributed by atoms with van der Waals surface area (Å²) in [6.45, 7) is 8.15. The molecule has 0 saturated carbocycles. The smallest absolute Gasteiger partial charge is 0.203 e. The maximum atomic E-state index is 4.42. The van der Waals surface area contributed by atoms with Gasteiger partial charge in [0.2, 0.25) is 5.95 Å². The first-order valence-corrected chi connectivity index (χ1v) is 6.69. The predicted octanol–water partition coefficient (Wildman–Crippen LogP) is 2.92. The number of nitrogens with zero attached hydrogens (tertiary/aromatic N) is 3. The quantitative estimate of drug-likeness (QED) is 0.887. The van der Waals surface area contributed by atoms with Crippen LogP contribution in [-0.2, 0) is 13.1 Å². The Kier molecular flexibility index (Phi) is 3.78. The van der Waals surface area contributed by atoms with Gasteiger partial charge in [-0.1, -0.05) is 13.8 Å². The van der Waals surface area contributed by atoms with Crippen LogP contribution in [0.2, 0.25) is 0 Å². The lowest BCUT2D eigenvalue weighted by Crippen LogP contribution is -2.10. The lowest BCUT2D eigenvalue weighted by Gasteiger charge is -2.10. The van der Waals surface area contributed by atoms with Crippen molar-refractivity contribution in [3.63, 3.8) is 0 Å². The summed E-state index contributed by atoms with van der Waals surface area (Å²) in [4.78, 5) is 8.74. The van der Waals surface area contributed by atoms with Crippen molar-refractivity contribution in [2.45, 2.75) is 33.9 Å². The molecule has 0 unspecified atom stereocenters. The third-order valence-electron chi connectivity index (χ3n) is 2.34. The monoisotopic (exact) mass is 250 g/mol. The molecule has 2 aromatic heterocycles. The molecule has 0 spiro atoms. The Morgan fingerprint density at radius 1 is 1.47 bits per heavy atom. The summed E-state index contributed by atoms with van der Waals surface area (Å²) in [5.74, 6) is 1.54. The predicted molar refractivity (Wildman–Crippen MR) is 71.2 cm³/mol. The molecule has 0 aliphatic rings. The van der Waals surface area contributed by atoms with Gasteiger partial charge in [0.1, 0.15) is 5.01 Å². The summed E-state index contributed by atoms with van der Waals surface area (Å²) in [6.07, 6.45) is 3.84. The Morgan fingerprint density at radius 2 is 2.29 bits per heavy atom. The molecular formula is C12H18N4S. The van der Waals surface area contributed by atoms with E-state index in [-0.39, 0.29) is 0 Å². The van der Waals surface area contributed by atoms with E-state index in [4.69, 9.17) is 0 Å².